The van der Waals surface area contributed by atoms with Crippen molar-refractivity contribution in [2.24, 2.45) is 0 Å². The molecule has 4 aromatic heterocycles. The van der Waals surface area contributed by atoms with Crippen LogP contribution in [0, 0.1) is 13.8 Å². The van der Waals surface area contributed by atoms with Crippen LogP contribution >= 0.6 is 0 Å². The van der Waals surface area contributed by atoms with E-state index in [1.54, 1.807) is 0 Å². The number of hydrogen-bond acceptors (Lipinski definition) is 8. The van der Waals surface area contributed by atoms with Crippen LogP contribution in [0.4, 0.5) is 0 Å². The number of aromatic nitrogens is 4. The topological polar surface area (TPSA) is 88.5 Å². The van der Waals surface area contributed by atoms with E-state index in [4.69, 9.17) is 38.9 Å². The Morgan fingerprint density at radius 1 is 0.278 bits per heavy atom. The Hall–Kier alpha value is -8.88. The molecule has 0 fully saturated rings. The first-order valence-electron chi connectivity index (χ1n) is 31.9. The van der Waals surface area contributed by atoms with Gasteiger partial charge in [-0.3, -0.25) is 9.97 Å². The van der Waals surface area contributed by atoms with Gasteiger partial charge in [0.15, 0.2) is 0 Å². The number of nitrogens with zero attached hydrogens (tertiary/aromatic N) is 4. The minimum atomic E-state index is -0.229. The molecule has 10 aromatic rings. The van der Waals surface area contributed by atoms with Crippen molar-refractivity contribution in [2.45, 2.75) is 171 Å². The summed E-state index contributed by atoms with van der Waals surface area (Å²) in [7, 11) is 0. The van der Waals surface area contributed by atoms with Gasteiger partial charge in [0.1, 0.15) is 49.4 Å². The molecule has 8 heteroatoms. The van der Waals surface area contributed by atoms with Crippen LogP contribution in [-0.2, 0) is 73.8 Å². The Labute approximate surface area is 535 Å². The second-order valence-electron chi connectivity index (χ2n) is 28.7. The van der Waals surface area contributed by atoms with E-state index in [-0.39, 0.29) is 34.9 Å². The molecule has 4 heterocycles. The molecule has 1 aliphatic rings. The molecule has 0 saturated carbocycles. The lowest BCUT2D eigenvalue weighted by molar-refractivity contribution is 0.290. The Kier molecular flexibility index (Phi) is 18.1. The van der Waals surface area contributed by atoms with Crippen LogP contribution in [0.5, 0.6) is 23.0 Å². The third kappa shape index (κ3) is 15.0. The van der Waals surface area contributed by atoms with E-state index in [1.165, 1.54) is 22.3 Å². The molecule has 0 aliphatic heterocycles. The summed E-state index contributed by atoms with van der Waals surface area (Å²) < 4.78 is 29.7. The van der Waals surface area contributed by atoms with Gasteiger partial charge in [0, 0.05) is 37.1 Å². The number of hydrogen-bond donors (Lipinski definition) is 0. The molecule has 6 aromatic carbocycles. The van der Waals surface area contributed by atoms with E-state index in [2.05, 4.69) is 217 Å². The molecule has 11 rings (SSSR count). The summed E-state index contributed by atoms with van der Waals surface area (Å²) in [5, 5.41) is 0. The van der Waals surface area contributed by atoms with Crippen molar-refractivity contribution < 1.29 is 18.9 Å². The minimum Gasteiger partial charge on any atom is -0.488 e. The summed E-state index contributed by atoms with van der Waals surface area (Å²) >= 11 is 0. The zero-order valence-corrected chi connectivity index (χ0v) is 55.4. The van der Waals surface area contributed by atoms with Gasteiger partial charge in [0.05, 0.1) is 34.2 Å². The van der Waals surface area contributed by atoms with Crippen molar-refractivity contribution in [3.63, 3.8) is 0 Å². The minimum absolute atomic E-state index is 0.228. The number of benzene rings is 6. The fourth-order valence-corrected chi connectivity index (χ4v) is 11.9. The van der Waals surface area contributed by atoms with Crippen LogP contribution in [0.1, 0.15) is 184 Å². The SMILES string of the molecule is Cc1cccc(-c2cccc(COc3c4cc(C(C)(C)C)cc3Cc3cc(C(C)(C)C)cc(c3OCc3ccccc3)Cc3cc(C(C)(C)C)cc(c3OCc3cccc(-c5cccc(C)n5)n3)Cc3cc(C(C)(C)C)cc(c3OCc3ccccc3)C4)n2)n1. The molecular weight excluding hydrogens is 1100 g/mol. The molecule has 1 aliphatic carbocycles. The van der Waals surface area contributed by atoms with E-state index in [0.717, 1.165) is 124 Å². The zero-order valence-electron chi connectivity index (χ0n) is 55.4. The Morgan fingerprint density at radius 3 is 0.778 bits per heavy atom. The van der Waals surface area contributed by atoms with E-state index in [0.29, 0.717) is 38.9 Å². The van der Waals surface area contributed by atoms with Crippen molar-refractivity contribution in [3.05, 3.63) is 283 Å². The smallest absolute Gasteiger partial charge is 0.130 e. The number of aryl methyl sites for hydroxylation is 2. The average molecular weight is 1190 g/mol. The summed E-state index contributed by atoms with van der Waals surface area (Å²) in [6.07, 6.45) is 2.08. The van der Waals surface area contributed by atoms with Crippen molar-refractivity contribution in [3.8, 4) is 45.8 Å². The molecule has 460 valence electrons. The van der Waals surface area contributed by atoms with Gasteiger partial charge in [-0.15, -0.1) is 0 Å². The van der Waals surface area contributed by atoms with E-state index in [9.17, 15) is 0 Å². The third-order valence-corrected chi connectivity index (χ3v) is 17.1. The highest BCUT2D eigenvalue weighted by molar-refractivity contribution is 5.61. The van der Waals surface area contributed by atoms with Crippen molar-refractivity contribution in [1.29, 1.82) is 0 Å². The van der Waals surface area contributed by atoms with Gasteiger partial charge < -0.3 is 18.9 Å². The number of pyridine rings is 4. The second-order valence-corrected chi connectivity index (χ2v) is 28.7. The zero-order chi connectivity index (χ0) is 63.5. The summed E-state index contributed by atoms with van der Waals surface area (Å²) in [6.45, 7) is 33.0. The first-order chi connectivity index (χ1) is 42.9. The Morgan fingerprint density at radius 2 is 0.522 bits per heavy atom. The molecule has 8 bridgehead atoms. The lowest BCUT2D eigenvalue weighted by atomic mass is 9.79. The maximum Gasteiger partial charge on any atom is 0.130 e. The summed E-state index contributed by atoms with van der Waals surface area (Å²) in [5.41, 5.74) is 21.5. The van der Waals surface area contributed by atoms with Crippen molar-refractivity contribution >= 4 is 0 Å². The monoisotopic (exact) mass is 1190 g/mol. The highest BCUT2D eigenvalue weighted by Gasteiger charge is 2.30. The maximum atomic E-state index is 7.47. The molecule has 0 atom stereocenters. The number of rotatable bonds is 14. The van der Waals surface area contributed by atoms with Gasteiger partial charge in [-0.2, -0.15) is 0 Å². The van der Waals surface area contributed by atoms with Crippen molar-refractivity contribution in [1.82, 2.24) is 19.9 Å². The fourth-order valence-electron chi connectivity index (χ4n) is 11.9. The number of fused-ring (bicyclic) bond motifs is 8. The van der Waals surface area contributed by atoms with Crippen LogP contribution in [-0.4, -0.2) is 19.9 Å². The van der Waals surface area contributed by atoms with Gasteiger partial charge in [-0.05, 0) is 162 Å². The van der Waals surface area contributed by atoms with Gasteiger partial charge in [-0.25, -0.2) is 9.97 Å². The third-order valence-electron chi connectivity index (χ3n) is 17.1. The van der Waals surface area contributed by atoms with Crippen LogP contribution < -0.4 is 18.9 Å². The Balaban J connectivity index is 1.19. The lowest BCUT2D eigenvalue weighted by Crippen LogP contribution is -2.18. The van der Waals surface area contributed by atoms with E-state index in [1.807, 2.05) is 62.4 Å². The normalized spacial score (nSPS) is 12.8. The predicted octanol–water partition coefficient (Wildman–Crippen LogP) is 19.4. The Bertz CT molecular complexity index is 3830. The molecule has 0 saturated heterocycles. The predicted molar refractivity (Wildman–Crippen MR) is 366 cm³/mol. The highest BCUT2D eigenvalue weighted by Crippen LogP contribution is 2.45. The molecule has 90 heavy (non-hydrogen) atoms. The number of ether oxygens (including phenoxy) is 4. The van der Waals surface area contributed by atoms with Gasteiger partial charge >= 0.3 is 0 Å². The summed E-state index contributed by atoms with van der Waals surface area (Å²) in [6, 6.07) is 64.6. The standard InChI is InChI=1S/C82H88N4O4/c1-53-25-21-33-71(83-53)73-35-23-31-69(85-73)51-89-77-61-37-57-41-65(79(3,4)5)43-59(75(57)87-49-55-27-17-15-18-28-55)39-63-47-68(82(12,13)14)48-64(78(63)90-52-70-32-24-36-74(86-70)72-34-22-26-54(2)84-72)40-60-44-66(80(6,7)8)42-58(38-62(77)46-67(45-61)81(9,10)11)76(60)88-50-56-29-19-16-20-30-56/h15-36,41-48H,37-40,49-52H2,1-14H3. The largest absolute Gasteiger partial charge is 0.488 e. The molecule has 0 amide bonds. The van der Waals surface area contributed by atoms with Crippen LogP contribution in [0.3, 0.4) is 0 Å². The van der Waals surface area contributed by atoms with E-state index < -0.39 is 0 Å². The van der Waals surface area contributed by atoms with Gasteiger partial charge in [0.2, 0.25) is 0 Å². The lowest BCUT2D eigenvalue weighted by Gasteiger charge is -2.29. The first kappa shape index (κ1) is 62.7. The second kappa shape index (κ2) is 25.9. The first-order valence-corrected chi connectivity index (χ1v) is 31.9. The van der Waals surface area contributed by atoms with E-state index >= 15 is 0 Å². The van der Waals surface area contributed by atoms with Gasteiger partial charge in [0.25, 0.3) is 0 Å². The van der Waals surface area contributed by atoms with Crippen LogP contribution in [0.2, 0.25) is 0 Å². The molecule has 0 unspecified atom stereocenters. The summed E-state index contributed by atoms with van der Waals surface area (Å²) in [4.78, 5) is 20.1. The average Bonchev–Trinajstić information content (AvgIpc) is 0.777. The molecule has 0 spiro atoms. The maximum absolute atomic E-state index is 7.47. The summed E-state index contributed by atoms with van der Waals surface area (Å²) in [5.74, 6) is 3.38. The van der Waals surface area contributed by atoms with Crippen LogP contribution in [0.25, 0.3) is 22.8 Å². The molecule has 0 N–H and O–H groups in total. The molecule has 0 radical (unpaired) electrons. The van der Waals surface area contributed by atoms with Gasteiger partial charge in [-0.1, -0.05) is 217 Å². The quantitative estimate of drug-likeness (QED) is 0.106. The highest BCUT2D eigenvalue weighted by atomic mass is 16.5. The molecular formula is C82H88N4O4. The molecule has 8 nitrogen and oxygen atoms in total. The van der Waals surface area contributed by atoms with Crippen LogP contribution in [0.15, 0.2) is 182 Å². The van der Waals surface area contributed by atoms with Crippen molar-refractivity contribution in [2.75, 3.05) is 0 Å². The fraction of sp³-hybridized carbons (Fsp3) is 0.317.